The number of fused-ring (bicyclic) bond motifs is 1. The minimum atomic E-state index is -5.17. The lowest BCUT2D eigenvalue weighted by atomic mass is 9.60. The van der Waals surface area contributed by atoms with Crippen LogP contribution in [-0.4, -0.2) is 45.2 Å². The van der Waals surface area contributed by atoms with Crippen molar-refractivity contribution in [2.75, 3.05) is 31.8 Å². The zero-order valence-electron chi connectivity index (χ0n) is 25.1. The number of benzene rings is 3. The molecule has 3 unspecified atom stereocenters. The Bertz CT molecular complexity index is 1540. The van der Waals surface area contributed by atoms with Gasteiger partial charge in [-0.1, -0.05) is 30.3 Å². The number of nitrogens with zero attached hydrogens (tertiary/aromatic N) is 1. The van der Waals surface area contributed by atoms with Crippen molar-refractivity contribution in [3.8, 4) is 0 Å². The van der Waals surface area contributed by atoms with Gasteiger partial charge in [0.25, 0.3) is 6.47 Å². The zero-order chi connectivity index (χ0) is 34.8. The van der Waals surface area contributed by atoms with Crippen molar-refractivity contribution in [3.05, 3.63) is 100 Å². The summed E-state index contributed by atoms with van der Waals surface area (Å²) >= 11 is 0. The lowest BCUT2D eigenvalue weighted by Crippen LogP contribution is -2.50. The molecule has 1 heterocycles. The molecule has 0 N–H and O–H groups in total. The molecule has 0 bridgehead atoms. The van der Waals surface area contributed by atoms with Crippen LogP contribution in [0.3, 0.4) is 0 Å². The van der Waals surface area contributed by atoms with Crippen LogP contribution >= 0.6 is 0 Å². The van der Waals surface area contributed by atoms with E-state index in [4.69, 9.17) is 9.47 Å². The summed E-state index contributed by atoms with van der Waals surface area (Å²) in [5, 5.41) is 0. The molecule has 1 aliphatic rings. The molecule has 0 fully saturated rings. The fourth-order valence-corrected chi connectivity index (χ4v) is 6.46. The second-order valence-corrected chi connectivity index (χ2v) is 11.3. The second-order valence-electron chi connectivity index (χ2n) is 11.3. The van der Waals surface area contributed by atoms with E-state index in [1.54, 1.807) is 11.0 Å². The van der Waals surface area contributed by atoms with Crippen LogP contribution in [0.2, 0.25) is 0 Å². The minimum absolute atomic E-state index is 0.000329. The van der Waals surface area contributed by atoms with Gasteiger partial charge in [-0.25, -0.2) is 0 Å². The first-order valence-electron chi connectivity index (χ1n) is 14.3. The van der Waals surface area contributed by atoms with E-state index in [-0.39, 0.29) is 55.5 Å². The second kappa shape index (κ2) is 13.6. The van der Waals surface area contributed by atoms with Crippen LogP contribution in [0.4, 0.5) is 45.2 Å². The van der Waals surface area contributed by atoms with Gasteiger partial charge in [0.15, 0.2) is 0 Å². The lowest BCUT2D eigenvalue weighted by molar-refractivity contribution is -0.143. The maximum Gasteiger partial charge on any atom is 0.416 e. The highest BCUT2D eigenvalue weighted by Gasteiger charge is 2.50. The number of hydrogen-bond donors (Lipinski definition) is 0. The van der Waals surface area contributed by atoms with E-state index >= 15 is 0 Å². The first-order chi connectivity index (χ1) is 21.9. The fraction of sp³-hybridized carbons (Fsp3) is 0.394. The molecule has 0 aliphatic carbocycles. The predicted octanol–water partition coefficient (Wildman–Crippen LogP) is 7.99. The van der Waals surface area contributed by atoms with Gasteiger partial charge in [-0.3, -0.25) is 9.59 Å². The predicted molar refractivity (Wildman–Crippen MR) is 153 cm³/mol. The maximum atomic E-state index is 14.1. The summed E-state index contributed by atoms with van der Waals surface area (Å²) in [5.41, 5.74) is -6.20. The third-order valence-corrected chi connectivity index (χ3v) is 8.50. The van der Waals surface area contributed by atoms with Crippen LogP contribution in [0.1, 0.15) is 52.6 Å². The molecule has 0 spiro atoms. The molecule has 3 aromatic rings. The SMILES string of the molecule is COCC(COC=O)N1CCC(C(Cc2cc(C(F)(F)F)cc(C(F)(F)F)c2)(C(C)=O)c2ccccc2)c2cc(C(F)(F)F)ccc21. The van der Waals surface area contributed by atoms with Crippen molar-refractivity contribution in [1.29, 1.82) is 0 Å². The van der Waals surface area contributed by atoms with Crippen molar-refractivity contribution in [3.63, 3.8) is 0 Å². The number of methoxy groups -OCH3 is 1. The number of carbonyl (C=O) groups is 2. The van der Waals surface area contributed by atoms with E-state index in [1.807, 2.05) is 0 Å². The highest BCUT2D eigenvalue weighted by atomic mass is 19.4. The summed E-state index contributed by atoms with van der Waals surface area (Å²) in [6, 6.07) is 10.8. The Kier molecular flexibility index (Phi) is 10.3. The average molecular weight is 676 g/mol. The number of hydrogen-bond acceptors (Lipinski definition) is 5. The number of ketones is 1. The number of halogens is 9. The molecule has 3 atom stereocenters. The Morgan fingerprint density at radius 3 is 1.94 bits per heavy atom. The molecule has 1 aliphatic heterocycles. The Morgan fingerprint density at radius 1 is 0.830 bits per heavy atom. The van der Waals surface area contributed by atoms with E-state index in [0.29, 0.717) is 12.1 Å². The van der Waals surface area contributed by atoms with Gasteiger partial charge in [0.1, 0.15) is 12.4 Å². The Balaban J connectivity index is 2.02. The van der Waals surface area contributed by atoms with E-state index in [2.05, 4.69) is 0 Å². The fourth-order valence-electron chi connectivity index (χ4n) is 6.46. The smallest absolute Gasteiger partial charge is 0.416 e. The van der Waals surface area contributed by atoms with Gasteiger partial charge < -0.3 is 14.4 Å². The molecule has 5 nitrogen and oxygen atoms in total. The summed E-state index contributed by atoms with van der Waals surface area (Å²) < 4.78 is 135. The molecule has 0 radical (unpaired) electrons. The van der Waals surface area contributed by atoms with Crippen molar-refractivity contribution in [2.24, 2.45) is 0 Å². The summed E-state index contributed by atoms with van der Waals surface area (Å²) in [7, 11) is 1.37. The first kappa shape index (κ1) is 35.8. The van der Waals surface area contributed by atoms with Gasteiger partial charge >= 0.3 is 18.5 Å². The van der Waals surface area contributed by atoms with Gasteiger partial charge in [-0.2, -0.15) is 39.5 Å². The molecule has 14 heteroatoms. The van der Waals surface area contributed by atoms with Crippen LogP contribution in [0.15, 0.2) is 66.7 Å². The minimum Gasteiger partial charge on any atom is -0.466 e. The molecular formula is C33H30F9NO4. The van der Waals surface area contributed by atoms with Crippen molar-refractivity contribution < 1.29 is 58.6 Å². The van der Waals surface area contributed by atoms with Crippen LogP contribution < -0.4 is 4.90 Å². The summed E-state index contributed by atoms with van der Waals surface area (Å²) in [5.74, 6) is -1.82. The highest BCUT2D eigenvalue weighted by molar-refractivity contribution is 5.90. The quantitative estimate of drug-likeness (QED) is 0.152. The summed E-state index contributed by atoms with van der Waals surface area (Å²) in [6.07, 6.45) is -15.9. The van der Waals surface area contributed by atoms with Gasteiger partial charge in [-0.15, -0.1) is 0 Å². The van der Waals surface area contributed by atoms with Gasteiger partial charge in [-0.05, 0) is 72.9 Å². The van der Waals surface area contributed by atoms with E-state index in [0.717, 1.165) is 19.1 Å². The highest BCUT2D eigenvalue weighted by Crippen LogP contribution is 2.52. The van der Waals surface area contributed by atoms with Crippen LogP contribution in [0.25, 0.3) is 0 Å². The number of alkyl halides is 9. The van der Waals surface area contributed by atoms with E-state index < -0.39 is 70.4 Å². The maximum absolute atomic E-state index is 14.1. The standard InChI is InChI=1S/C33H30F9NO4/c1-20(45)30(22-6-4-3-5-7-22,16-21-12-24(32(37,38)39)14-25(13-21)33(40,41)42)28-10-11-43(26(17-46-2)18-47-19-44)29-9-8-23(15-27(28)29)31(34,35)36/h3-9,12-15,19,26,28H,10-11,16-18H2,1-2H3. The monoisotopic (exact) mass is 675 g/mol. The molecule has 3 aromatic carbocycles. The van der Waals surface area contributed by atoms with E-state index in [1.165, 1.54) is 37.4 Å². The van der Waals surface area contributed by atoms with Gasteiger partial charge in [0.05, 0.1) is 34.8 Å². The molecule has 0 saturated heterocycles. The topological polar surface area (TPSA) is 55.8 Å². The van der Waals surface area contributed by atoms with E-state index in [9.17, 15) is 49.1 Å². The third-order valence-electron chi connectivity index (χ3n) is 8.50. The lowest BCUT2D eigenvalue weighted by Gasteiger charge is -2.47. The normalized spacial score (nSPS) is 17.4. The molecule has 47 heavy (non-hydrogen) atoms. The first-order valence-corrected chi connectivity index (χ1v) is 14.3. The molecule has 0 amide bonds. The van der Waals surface area contributed by atoms with Crippen LogP contribution in [-0.2, 0) is 49.4 Å². The largest absolute Gasteiger partial charge is 0.466 e. The third kappa shape index (κ3) is 7.58. The Morgan fingerprint density at radius 2 is 1.43 bits per heavy atom. The van der Waals surface area contributed by atoms with Crippen LogP contribution in [0.5, 0.6) is 0 Å². The number of anilines is 1. The molecule has 0 aromatic heterocycles. The van der Waals surface area contributed by atoms with Crippen molar-refractivity contribution >= 4 is 17.9 Å². The summed E-state index contributed by atoms with van der Waals surface area (Å²) in [6.45, 7) is 1.17. The van der Waals surface area contributed by atoms with Gasteiger partial charge in [0.2, 0.25) is 0 Å². The van der Waals surface area contributed by atoms with Crippen LogP contribution in [0, 0.1) is 0 Å². The molecule has 254 valence electrons. The van der Waals surface area contributed by atoms with Crippen molar-refractivity contribution in [1.82, 2.24) is 0 Å². The number of carbonyl (C=O) groups excluding carboxylic acids is 2. The molecule has 0 saturated carbocycles. The number of rotatable bonds is 11. The van der Waals surface area contributed by atoms with Gasteiger partial charge in [0, 0.05) is 25.3 Å². The Hall–Kier alpha value is -4.07. The van der Waals surface area contributed by atoms with Crippen molar-refractivity contribution in [2.45, 2.75) is 55.7 Å². The molecule has 4 rings (SSSR count). The summed E-state index contributed by atoms with van der Waals surface area (Å²) in [4.78, 5) is 26.6. The zero-order valence-corrected chi connectivity index (χ0v) is 25.1. The number of ether oxygens (including phenoxy) is 2. The average Bonchev–Trinajstić information content (AvgIpc) is 3.00. The Labute approximate surface area is 264 Å². The molecular weight excluding hydrogens is 645 g/mol. The number of Topliss-reactive ketones (excluding diaryl/α,β-unsaturated/α-hetero) is 1.